The van der Waals surface area contributed by atoms with E-state index in [1.165, 1.54) is 42.5 Å². The normalized spacial score (nSPS) is 34.2. The van der Waals surface area contributed by atoms with Gasteiger partial charge in [-0.15, -0.1) is 0 Å². The van der Waals surface area contributed by atoms with Gasteiger partial charge in [0.15, 0.2) is 30.0 Å². The molecule has 0 spiro atoms. The van der Waals surface area contributed by atoms with Crippen LogP contribution >= 0.6 is 0 Å². The van der Waals surface area contributed by atoms with Gasteiger partial charge in [0.05, 0.1) is 18.8 Å². The zero-order valence-corrected chi connectivity index (χ0v) is 32.7. The van der Waals surface area contributed by atoms with E-state index >= 15 is 0 Å². The Kier molecular flexibility index (Phi) is 13.9. The Balaban J connectivity index is 1.23. The molecule has 3 fully saturated rings. The van der Waals surface area contributed by atoms with Crippen molar-refractivity contribution in [3.63, 3.8) is 0 Å². The second kappa shape index (κ2) is 19.2. The standard InChI is InChI=1S/C41H46O22/c42-13-26-30(49)33(52)36(55)39(60-26)58-24-11-19(45)10-23-20(24)12-25(37(57-23)17-4-7-21(46)22(47)9-17)59-41-38(63-40-35(54)31(50)27(14-43)61-40)34(53)32(51)28(62-41)15-56-29(48)8-3-16-1-5-18(44)6-2-16/h1-12,26-28,30-47,49-55H,13-15H2/b8-3+/t26-,27-,28-,30-,31+,32-,33+,34+,35-,36-,37?,38-,39-,40+,41-/m1/s1. The van der Waals surface area contributed by atoms with Gasteiger partial charge in [0.2, 0.25) is 12.6 Å². The lowest BCUT2D eigenvalue weighted by molar-refractivity contribution is -0.332. The van der Waals surface area contributed by atoms with Crippen molar-refractivity contribution in [2.75, 3.05) is 19.8 Å². The van der Waals surface area contributed by atoms with Crippen molar-refractivity contribution >= 4 is 18.1 Å². The van der Waals surface area contributed by atoms with E-state index < -0.39 is 135 Å². The summed E-state index contributed by atoms with van der Waals surface area (Å²) in [5.41, 5.74) is 0.595. The molecule has 4 heterocycles. The molecule has 63 heavy (non-hydrogen) atoms. The van der Waals surface area contributed by atoms with Gasteiger partial charge in [-0.05, 0) is 42.0 Å². The Labute approximate surface area is 356 Å². The number of hydrogen-bond acceptors (Lipinski definition) is 22. The summed E-state index contributed by atoms with van der Waals surface area (Å²) in [4.78, 5) is 12.7. The Bertz CT molecular complexity index is 2130. The van der Waals surface area contributed by atoms with Crippen LogP contribution in [0, 0.1) is 0 Å². The molecule has 22 nitrogen and oxygen atoms in total. The number of aliphatic hydroxyl groups is 9. The van der Waals surface area contributed by atoms with Crippen molar-refractivity contribution in [1.82, 2.24) is 0 Å². The number of aliphatic hydroxyl groups excluding tert-OH is 9. The molecule has 3 aromatic carbocycles. The molecule has 0 amide bonds. The first-order valence-electron chi connectivity index (χ1n) is 19.4. The molecule has 342 valence electrons. The van der Waals surface area contributed by atoms with Gasteiger partial charge < -0.3 is 104 Å². The first kappa shape index (κ1) is 45.7. The Hall–Kier alpha value is -5.31. The van der Waals surface area contributed by atoms with Crippen molar-refractivity contribution < 1.29 is 109 Å². The van der Waals surface area contributed by atoms with Crippen LogP contribution in [0.25, 0.3) is 12.2 Å². The van der Waals surface area contributed by atoms with E-state index in [2.05, 4.69) is 0 Å². The number of phenolic OH excluding ortho intramolecular Hbond substituents is 4. The number of benzene rings is 3. The maximum Gasteiger partial charge on any atom is 0.330 e. The van der Waals surface area contributed by atoms with E-state index in [1.807, 2.05) is 0 Å². The van der Waals surface area contributed by atoms with Crippen LogP contribution in [-0.4, -0.2) is 178 Å². The molecule has 0 saturated carbocycles. The third-order valence-electron chi connectivity index (χ3n) is 10.7. The third-order valence-corrected chi connectivity index (χ3v) is 10.7. The molecule has 3 saturated heterocycles. The molecule has 4 aliphatic rings. The van der Waals surface area contributed by atoms with Crippen LogP contribution in [0.5, 0.6) is 34.5 Å². The summed E-state index contributed by atoms with van der Waals surface area (Å²) >= 11 is 0. The lowest BCUT2D eigenvalue weighted by atomic mass is 9.98. The van der Waals surface area contributed by atoms with Gasteiger partial charge in [0.1, 0.15) is 96.4 Å². The molecule has 0 aliphatic carbocycles. The highest BCUT2D eigenvalue weighted by molar-refractivity contribution is 5.87. The van der Waals surface area contributed by atoms with Gasteiger partial charge in [-0.2, -0.15) is 0 Å². The highest BCUT2D eigenvalue weighted by Gasteiger charge is 2.52. The lowest BCUT2D eigenvalue weighted by Crippen LogP contribution is -2.61. The minimum Gasteiger partial charge on any atom is -0.508 e. The van der Waals surface area contributed by atoms with Crippen LogP contribution in [0.15, 0.2) is 66.4 Å². The van der Waals surface area contributed by atoms with Gasteiger partial charge in [0, 0.05) is 23.8 Å². The summed E-state index contributed by atoms with van der Waals surface area (Å²) in [5, 5.41) is 136. The highest BCUT2D eigenvalue weighted by atomic mass is 16.8. The van der Waals surface area contributed by atoms with Gasteiger partial charge in [-0.25, -0.2) is 4.79 Å². The number of ether oxygens (including phenoxy) is 8. The van der Waals surface area contributed by atoms with Crippen molar-refractivity contribution in [1.29, 1.82) is 0 Å². The molecule has 1 unspecified atom stereocenters. The predicted octanol–water partition coefficient (Wildman–Crippen LogP) is -2.29. The largest absolute Gasteiger partial charge is 0.508 e. The quantitative estimate of drug-likeness (QED) is 0.0488. The highest BCUT2D eigenvalue weighted by Crippen LogP contribution is 2.47. The predicted molar refractivity (Wildman–Crippen MR) is 206 cm³/mol. The Morgan fingerprint density at radius 3 is 1.95 bits per heavy atom. The molecule has 7 rings (SSSR count). The molecule has 0 radical (unpaired) electrons. The number of phenols is 4. The number of aromatic hydroxyl groups is 4. The fraction of sp³-hybridized carbons (Fsp3) is 0.439. The topological polar surface area (TPSA) is 354 Å². The van der Waals surface area contributed by atoms with E-state index in [9.17, 15) is 71.2 Å². The summed E-state index contributed by atoms with van der Waals surface area (Å²) in [5.74, 6) is -3.13. The number of hydrogen-bond donors (Lipinski definition) is 13. The molecule has 0 bridgehead atoms. The van der Waals surface area contributed by atoms with Crippen LogP contribution in [0.1, 0.15) is 22.8 Å². The van der Waals surface area contributed by atoms with Crippen LogP contribution in [0.3, 0.4) is 0 Å². The van der Waals surface area contributed by atoms with E-state index in [0.29, 0.717) is 5.56 Å². The summed E-state index contributed by atoms with van der Waals surface area (Å²) in [7, 11) is 0. The monoisotopic (exact) mass is 890 g/mol. The summed E-state index contributed by atoms with van der Waals surface area (Å²) < 4.78 is 46.6. The SMILES string of the molecule is O=C(/C=C/c1ccc(O)cc1)OC[C@H]1O[C@@H](OC2=Cc3c(cc(O)cc3O[C@@H]3O[C@H](CO)[C@@H](O)[C@H](O)[C@H]3O)OC2c2ccc(O)c(O)c2)[C@H](O[C@@H]2O[C@H](CO)[C@H](O)[C@H]2O)[C@@H](O)[C@@H]1O. The molecule has 3 aromatic rings. The third kappa shape index (κ3) is 9.78. The van der Waals surface area contributed by atoms with Gasteiger partial charge in [0.25, 0.3) is 0 Å². The zero-order valence-electron chi connectivity index (χ0n) is 32.7. The van der Waals surface area contributed by atoms with Crippen LogP contribution < -0.4 is 9.47 Å². The number of carbonyl (C=O) groups is 1. The summed E-state index contributed by atoms with van der Waals surface area (Å²) in [6.45, 7) is -2.22. The van der Waals surface area contributed by atoms with E-state index in [0.717, 1.165) is 30.3 Å². The van der Waals surface area contributed by atoms with Crippen LogP contribution in [0.4, 0.5) is 0 Å². The van der Waals surface area contributed by atoms with E-state index in [1.54, 1.807) is 0 Å². The minimum absolute atomic E-state index is 0.00242. The van der Waals surface area contributed by atoms with Gasteiger partial charge >= 0.3 is 5.97 Å². The lowest BCUT2D eigenvalue weighted by Gasteiger charge is -2.43. The second-order valence-electron chi connectivity index (χ2n) is 15.0. The van der Waals surface area contributed by atoms with Crippen molar-refractivity contribution in [3.8, 4) is 34.5 Å². The molecule has 4 aliphatic heterocycles. The molecular weight excluding hydrogens is 844 g/mol. The number of rotatable bonds is 13. The molecule has 13 N–H and O–H groups in total. The summed E-state index contributed by atoms with van der Waals surface area (Å²) in [6.07, 6.45) is -21.9. The number of fused-ring (bicyclic) bond motifs is 1. The maximum absolute atomic E-state index is 12.7. The second-order valence-corrected chi connectivity index (χ2v) is 15.0. The molecule has 15 atom stereocenters. The molecular formula is C41H46O22. The average molecular weight is 891 g/mol. The smallest absolute Gasteiger partial charge is 0.330 e. The van der Waals surface area contributed by atoms with E-state index in [4.69, 9.17) is 37.9 Å². The van der Waals surface area contributed by atoms with Crippen LogP contribution in [-0.2, 0) is 33.2 Å². The van der Waals surface area contributed by atoms with Crippen molar-refractivity contribution in [3.05, 3.63) is 83.1 Å². The first-order chi connectivity index (χ1) is 30.1. The molecule has 0 aromatic heterocycles. The minimum atomic E-state index is -1.99. The van der Waals surface area contributed by atoms with Crippen molar-refractivity contribution in [2.24, 2.45) is 0 Å². The number of carbonyl (C=O) groups excluding carboxylic acids is 1. The zero-order chi connectivity index (χ0) is 45.3. The Morgan fingerprint density at radius 1 is 0.635 bits per heavy atom. The maximum atomic E-state index is 12.7. The fourth-order valence-electron chi connectivity index (χ4n) is 7.16. The molecule has 22 heteroatoms. The van der Waals surface area contributed by atoms with Crippen LogP contribution in [0.2, 0.25) is 0 Å². The van der Waals surface area contributed by atoms with Gasteiger partial charge in [-0.3, -0.25) is 0 Å². The van der Waals surface area contributed by atoms with E-state index in [-0.39, 0.29) is 34.1 Å². The fourth-order valence-corrected chi connectivity index (χ4v) is 7.16. The average Bonchev–Trinajstić information content (AvgIpc) is 3.54. The Morgan fingerprint density at radius 2 is 1.27 bits per heavy atom. The van der Waals surface area contributed by atoms with Gasteiger partial charge in [-0.1, -0.05) is 18.2 Å². The summed E-state index contributed by atoms with van der Waals surface area (Å²) in [6, 6.07) is 11.6. The first-order valence-corrected chi connectivity index (χ1v) is 19.4. The van der Waals surface area contributed by atoms with Crippen molar-refractivity contribution in [2.45, 2.75) is 92.1 Å². The number of esters is 1.